The summed E-state index contributed by atoms with van der Waals surface area (Å²) >= 11 is 0. The Morgan fingerprint density at radius 2 is 2.17 bits per heavy atom. The van der Waals surface area contributed by atoms with Crippen LogP contribution in [0.25, 0.3) is 0 Å². The van der Waals surface area contributed by atoms with Crippen molar-refractivity contribution in [1.29, 1.82) is 0 Å². The van der Waals surface area contributed by atoms with Crippen molar-refractivity contribution < 1.29 is 33.1 Å². The Bertz CT molecular complexity index is 181. The van der Waals surface area contributed by atoms with Crippen molar-refractivity contribution in [3.05, 3.63) is 0 Å². The molecule has 0 saturated heterocycles. The monoisotopic (exact) mass is 218 g/mol. The third-order valence-electron chi connectivity index (χ3n) is 0.777. The Morgan fingerprint density at radius 3 is 2.58 bits per heavy atom. The van der Waals surface area contributed by atoms with Crippen molar-refractivity contribution in [3.63, 3.8) is 0 Å². The zero-order chi connectivity index (χ0) is 9.61. The van der Waals surface area contributed by atoms with Crippen LogP contribution in [0.15, 0.2) is 0 Å². The van der Waals surface area contributed by atoms with E-state index in [0.717, 1.165) is 0 Å². The van der Waals surface area contributed by atoms with E-state index in [9.17, 15) is 9.13 Å². The molecule has 0 saturated carbocycles. The average Bonchev–Trinajstić information content (AvgIpc) is 2.00. The smallest absolute Gasteiger partial charge is 0.394 e. The lowest BCUT2D eigenvalue weighted by molar-refractivity contribution is 0.0436. The van der Waals surface area contributed by atoms with Crippen LogP contribution in [0.2, 0.25) is 0 Å². The van der Waals surface area contributed by atoms with E-state index >= 15 is 0 Å². The van der Waals surface area contributed by atoms with Crippen molar-refractivity contribution in [2.75, 3.05) is 13.2 Å². The van der Waals surface area contributed by atoms with Gasteiger partial charge in [-0.15, -0.1) is 0 Å². The van der Waals surface area contributed by atoms with Gasteiger partial charge >= 0.3 is 16.5 Å². The van der Waals surface area contributed by atoms with Crippen molar-refractivity contribution in [3.8, 4) is 0 Å². The van der Waals surface area contributed by atoms with Crippen LogP contribution in [-0.4, -0.2) is 34.4 Å². The predicted octanol–water partition coefficient (Wildman–Crippen LogP) is -0.320. The van der Waals surface area contributed by atoms with Crippen molar-refractivity contribution in [2.24, 2.45) is 0 Å². The Morgan fingerprint density at radius 1 is 1.58 bits per heavy atom. The first kappa shape index (κ1) is 12.1. The minimum atomic E-state index is -4.36. The number of phosphoric ester groups is 1. The lowest BCUT2D eigenvalue weighted by atomic mass is 10.4. The van der Waals surface area contributed by atoms with Gasteiger partial charge in [0.05, 0.1) is 13.2 Å². The Balaban J connectivity index is 3.75. The zero-order valence-corrected chi connectivity index (χ0v) is 7.65. The second-order valence-corrected chi connectivity index (χ2v) is 3.75. The quantitative estimate of drug-likeness (QED) is 0.523. The van der Waals surface area contributed by atoms with Gasteiger partial charge in [0.2, 0.25) is 0 Å². The number of phosphoric acid groups is 1. The first-order valence-corrected chi connectivity index (χ1v) is 5.02. The normalized spacial score (nSPS) is 18.9. The summed E-state index contributed by atoms with van der Waals surface area (Å²) in [7, 11) is -5.35. The van der Waals surface area contributed by atoms with E-state index in [1.54, 1.807) is 0 Å². The molecule has 9 heteroatoms. The van der Waals surface area contributed by atoms with Gasteiger partial charge in [0.25, 0.3) is 0 Å². The highest BCUT2D eigenvalue weighted by atomic mass is 31.2. The molecule has 2 unspecified atom stereocenters. The van der Waals surface area contributed by atoms with Gasteiger partial charge < -0.3 is 15.1 Å². The molecule has 0 aromatic carbocycles. The van der Waals surface area contributed by atoms with Gasteiger partial charge in [-0.3, -0.25) is 4.52 Å². The molecular weight excluding hydrogens is 210 g/mol. The third kappa shape index (κ3) is 5.74. The minimum Gasteiger partial charge on any atom is -0.394 e. The lowest BCUT2D eigenvalue weighted by Crippen LogP contribution is -2.18. The second kappa shape index (κ2) is 5.72. The van der Waals surface area contributed by atoms with Crippen LogP contribution in [0.5, 0.6) is 0 Å². The van der Waals surface area contributed by atoms with Crippen LogP contribution >= 0.6 is 16.5 Å². The summed E-state index contributed by atoms with van der Waals surface area (Å²) in [5.74, 6) is 0. The third-order valence-corrected chi connectivity index (χ3v) is 2.34. The molecule has 0 amide bonds. The standard InChI is InChI=1S/C3H8O7P2/c4-1-3(5)2-9-12(7,8)10-11-6/h3-5H,1-2H2,(H,7,8). The molecule has 72 valence electrons. The average molecular weight is 218 g/mol. The fourth-order valence-corrected chi connectivity index (χ4v) is 1.18. The maximum absolute atomic E-state index is 10.5. The number of rotatable bonds is 6. The van der Waals surface area contributed by atoms with Gasteiger partial charge in [-0.2, -0.15) is 4.31 Å². The van der Waals surface area contributed by atoms with Crippen LogP contribution in [0.3, 0.4) is 0 Å². The molecule has 0 radical (unpaired) electrons. The second-order valence-electron chi connectivity index (χ2n) is 1.76. The van der Waals surface area contributed by atoms with E-state index in [1.807, 2.05) is 0 Å². The summed E-state index contributed by atoms with van der Waals surface area (Å²) in [6.45, 7) is -1.17. The molecule has 3 N–H and O–H groups in total. The van der Waals surface area contributed by atoms with Crippen LogP contribution in [-0.2, 0) is 18.0 Å². The van der Waals surface area contributed by atoms with Gasteiger partial charge in [0.1, 0.15) is 6.10 Å². The van der Waals surface area contributed by atoms with Gasteiger partial charge in [0, 0.05) is 0 Å². The molecule has 2 atom stereocenters. The Hall–Kier alpha value is 0.130. The first-order chi connectivity index (χ1) is 5.52. The number of aliphatic hydroxyl groups excluding tert-OH is 2. The molecular formula is C3H8O7P2. The number of hydrogen-bond acceptors (Lipinski definition) is 6. The maximum Gasteiger partial charge on any atom is 0.482 e. The highest BCUT2D eigenvalue weighted by Gasteiger charge is 2.22. The Labute approximate surface area is 69.8 Å². The molecule has 0 heterocycles. The fraction of sp³-hybridized carbons (Fsp3) is 1.00. The Kier molecular flexibility index (Phi) is 5.78. The molecule has 0 aromatic heterocycles. The van der Waals surface area contributed by atoms with E-state index in [-0.39, 0.29) is 0 Å². The van der Waals surface area contributed by atoms with Crippen LogP contribution in [0.1, 0.15) is 0 Å². The molecule has 12 heavy (non-hydrogen) atoms. The molecule has 0 spiro atoms. The summed E-state index contributed by atoms with van der Waals surface area (Å²) < 4.78 is 28.1. The van der Waals surface area contributed by atoms with Crippen molar-refractivity contribution in [2.45, 2.75) is 6.10 Å². The molecule has 0 aliphatic heterocycles. The van der Waals surface area contributed by atoms with E-state index in [1.165, 1.54) is 0 Å². The van der Waals surface area contributed by atoms with Crippen molar-refractivity contribution >= 4 is 16.5 Å². The summed E-state index contributed by atoms with van der Waals surface area (Å²) in [6.07, 6.45) is -1.27. The van der Waals surface area contributed by atoms with E-state index < -0.39 is 35.8 Å². The zero-order valence-electron chi connectivity index (χ0n) is 5.86. The van der Waals surface area contributed by atoms with Gasteiger partial charge in [-0.25, -0.2) is 9.13 Å². The first-order valence-electron chi connectivity index (χ1n) is 2.79. The SMILES string of the molecule is O=POP(=O)(O)OCC(O)CO. The number of hydrogen-bond donors (Lipinski definition) is 3. The molecule has 0 aromatic rings. The highest BCUT2D eigenvalue weighted by molar-refractivity contribution is 7.52. The maximum atomic E-state index is 10.5. The molecule has 7 nitrogen and oxygen atoms in total. The van der Waals surface area contributed by atoms with Crippen LogP contribution in [0, 0.1) is 0 Å². The van der Waals surface area contributed by atoms with Gasteiger partial charge in [-0.1, -0.05) is 0 Å². The molecule has 0 fully saturated rings. The summed E-state index contributed by atoms with van der Waals surface area (Å²) in [5.41, 5.74) is 0. The van der Waals surface area contributed by atoms with Crippen LogP contribution in [0.4, 0.5) is 0 Å². The molecule has 0 bridgehead atoms. The van der Waals surface area contributed by atoms with Gasteiger partial charge in [0.15, 0.2) is 0 Å². The number of aliphatic hydroxyl groups is 2. The lowest BCUT2D eigenvalue weighted by Gasteiger charge is -2.09. The van der Waals surface area contributed by atoms with E-state index in [0.29, 0.717) is 0 Å². The van der Waals surface area contributed by atoms with Gasteiger partial charge in [-0.05, 0) is 0 Å². The molecule has 0 rings (SSSR count). The molecule has 0 aliphatic rings. The summed E-state index contributed by atoms with van der Waals surface area (Å²) in [5, 5.41) is 16.9. The largest absolute Gasteiger partial charge is 0.482 e. The minimum absolute atomic E-state index is 0.570. The highest BCUT2D eigenvalue weighted by Crippen LogP contribution is 2.46. The predicted molar refractivity (Wildman–Crippen MR) is 37.6 cm³/mol. The summed E-state index contributed by atoms with van der Waals surface area (Å²) in [6, 6.07) is 0. The van der Waals surface area contributed by atoms with E-state index in [2.05, 4.69) is 8.83 Å². The fourth-order valence-electron chi connectivity index (χ4n) is 0.299. The van der Waals surface area contributed by atoms with Crippen LogP contribution < -0.4 is 0 Å². The van der Waals surface area contributed by atoms with Crippen molar-refractivity contribution in [1.82, 2.24) is 0 Å². The summed E-state index contributed by atoms with van der Waals surface area (Å²) in [4.78, 5) is 8.57. The topological polar surface area (TPSA) is 113 Å². The molecule has 0 aliphatic carbocycles. The van der Waals surface area contributed by atoms with E-state index in [4.69, 9.17) is 15.1 Å².